The van der Waals surface area contributed by atoms with Crippen molar-refractivity contribution >= 4 is 5.69 Å². The van der Waals surface area contributed by atoms with Crippen LogP contribution in [0, 0.1) is 5.82 Å². The Kier molecular flexibility index (Phi) is 2.79. The Morgan fingerprint density at radius 3 is 2.47 bits per heavy atom. The van der Waals surface area contributed by atoms with Gasteiger partial charge in [0.25, 0.3) is 0 Å². The molecule has 2 fully saturated rings. The lowest BCUT2D eigenvalue weighted by molar-refractivity contribution is 0.169. The Morgan fingerprint density at radius 2 is 1.82 bits per heavy atom. The van der Waals surface area contributed by atoms with Crippen LogP contribution in [0.15, 0.2) is 24.3 Å². The molecule has 2 atom stereocenters. The minimum Gasteiger partial charge on any atom is -0.380 e. The topological polar surface area (TPSA) is 15.3 Å². The van der Waals surface area contributed by atoms with Gasteiger partial charge in [-0.05, 0) is 44.9 Å². The van der Waals surface area contributed by atoms with E-state index in [2.05, 4.69) is 17.3 Å². The first-order valence-electron chi connectivity index (χ1n) is 6.47. The highest BCUT2D eigenvalue weighted by molar-refractivity contribution is 5.45. The first-order chi connectivity index (χ1) is 8.24. The molecule has 3 rings (SSSR count). The van der Waals surface area contributed by atoms with E-state index in [0.717, 1.165) is 12.8 Å². The molecule has 0 radical (unpaired) electrons. The molecule has 2 heterocycles. The maximum Gasteiger partial charge on any atom is 0.146 e. The molecule has 2 bridgehead atoms. The van der Waals surface area contributed by atoms with Crippen molar-refractivity contribution in [3.63, 3.8) is 0 Å². The Bertz CT molecular complexity index is 393. The second-order valence-electron chi connectivity index (χ2n) is 5.34. The quantitative estimate of drug-likeness (QED) is 0.846. The molecular formula is C14H19FN2. The van der Waals surface area contributed by atoms with Crippen LogP contribution in [0.25, 0.3) is 0 Å². The van der Waals surface area contributed by atoms with Crippen molar-refractivity contribution in [2.45, 2.75) is 43.8 Å². The summed E-state index contributed by atoms with van der Waals surface area (Å²) < 4.78 is 13.6. The summed E-state index contributed by atoms with van der Waals surface area (Å²) in [5, 5.41) is 3.37. The van der Waals surface area contributed by atoms with E-state index in [9.17, 15) is 4.39 Å². The Balaban J connectivity index is 1.70. The van der Waals surface area contributed by atoms with Gasteiger partial charge in [0.2, 0.25) is 0 Å². The molecule has 0 aliphatic carbocycles. The van der Waals surface area contributed by atoms with Gasteiger partial charge in [0.1, 0.15) is 5.82 Å². The lowest BCUT2D eigenvalue weighted by atomic mass is 9.98. The molecule has 1 aromatic carbocycles. The highest BCUT2D eigenvalue weighted by Crippen LogP contribution is 2.35. The van der Waals surface area contributed by atoms with E-state index in [1.54, 1.807) is 6.07 Å². The lowest BCUT2D eigenvalue weighted by Crippen LogP contribution is -2.44. The molecule has 2 saturated heterocycles. The summed E-state index contributed by atoms with van der Waals surface area (Å²) in [7, 11) is 2.22. The van der Waals surface area contributed by atoms with Gasteiger partial charge in [0.15, 0.2) is 0 Å². The first-order valence-corrected chi connectivity index (χ1v) is 6.47. The second-order valence-corrected chi connectivity index (χ2v) is 5.34. The maximum atomic E-state index is 13.6. The average molecular weight is 234 g/mol. The van der Waals surface area contributed by atoms with Gasteiger partial charge >= 0.3 is 0 Å². The molecule has 17 heavy (non-hydrogen) atoms. The van der Waals surface area contributed by atoms with Crippen molar-refractivity contribution in [3.05, 3.63) is 30.1 Å². The molecule has 0 spiro atoms. The fourth-order valence-electron chi connectivity index (χ4n) is 3.33. The molecular weight excluding hydrogens is 215 g/mol. The standard InChI is InChI=1S/C14H19FN2/c1-17-11-6-7-12(17)9-10(8-11)16-14-5-3-2-4-13(14)15/h2-5,10-12,16H,6-9H2,1H3. The average Bonchev–Trinajstić information content (AvgIpc) is 2.55. The van der Waals surface area contributed by atoms with Crippen LogP contribution in [0.5, 0.6) is 0 Å². The largest absolute Gasteiger partial charge is 0.380 e. The number of benzene rings is 1. The van der Waals surface area contributed by atoms with Gasteiger partial charge < -0.3 is 10.2 Å². The molecule has 2 unspecified atom stereocenters. The molecule has 1 aromatic rings. The van der Waals surface area contributed by atoms with Crippen LogP contribution >= 0.6 is 0 Å². The molecule has 2 nitrogen and oxygen atoms in total. The summed E-state index contributed by atoms with van der Waals surface area (Å²) in [6.45, 7) is 0. The number of para-hydroxylation sites is 1. The molecule has 1 N–H and O–H groups in total. The smallest absolute Gasteiger partial charge is 0.146 e. The minimum atomic E-state index is -0.140. The highest BCUT2D eigenvalue weighted by atomic mass is 19.1. The maximum absolute atomic E-state index is 13.6. The van der Waals surface area contributed by atoms with Gasteiger partial charge in [-0.15, -0.1) is 0 Å². The van der Waals surface area contributed by atoms with E-state index in [-0.39, 0.29) is 5.82 Å². The Morgan fingerprint density at radius 1 is 1.18 bits per heavy atom. The molecule has 2 aliphatic rings. The van der Waals surface area contributed by atoms with Gasteiger partial charge in [-0.3, -0.25) is 0 Å². The molecule has 0 aromatic heterocycles. The van der Waals surface area contributed by atoms with Crippen LogP contribution in [0.1, 0.15) is 25.7 Å². The third kappa shape index (κ3) is 2.04. The summed E-state index contributed by atoms with van der Waals surface area (Å²) in [6.07, 6.45) is 4.88. The highest BCUT2D eigenvalue weighted by Gasteiger charge is 2.38. The van der Waals surface area contributed by atoms with Crippen molar-refractivity contribution in [3.8, 4) is 0 Å². The fourth-order valence-corrected chi connectivity index (χ4v) is 3.33. The third-order valence-electron chi connectivity index (χ3n) is 4.33. The number of fused-ring (bicyclic) bond motifs is 2. The number of rotatable bonds is 2. The molecule has 92 valence electrons. The normalized spacial score (nSPS) is 32.7. The molecule has 3 heteroatoms. The van der Waals surface area contributed by atoms with Crippen LogP contribution in [0.4, 0.5) is 10.1 Å². The number of hydrogen-bond acceptors (Lipinski definition) is 2. The Hall–Kier alpha value is -1.09. The number of nitrogens with zero attached hydrogens (tertiary/aromatic N) is 1. The molecule has 0 amide bonds. The van der Waals surface area contributed by atoms with Crippen LogP contribution in [-0.2, 0) is 0 Å². The summed E-state index contributed by atoms with van der Waals surface area (Å²) in [5.41, 5.74) is 0.654. The zero-order chi connectivity index (χ0) is 11.8. The fraction of sp³-hybridized carbons (Fsp3) is 0.571. The van der Waals surface area contributed by atoms with Crippen LogP contribution in [0.2, 0.25) is 0 Å². The number of halogens is 1. The van der Waals surface area contributed by atoms with Crippen molar-refractivity contribution < 1.29 is 4.39 Å². The van der Waals surface area contributed by atoms with E-state index in [1.165, 1.54) is 18.9 Å². The Labute approximate surface area is 102 Å². The summed E-state index contributed by atoms with van der Waals surface area (Å²) >= 11 is 0. The number of piperidine rings is 1. The van der Waals surface area contributed by atoms with Crippen molar-refractivity contribution in [2.24, 2.45) is 0 Å². The lowest BCUT2D eigenvalue weighted by Gasteiger charge is -2.37. The first kappa shape index (κ1) is 11.0. The molecule has 0 saturated carbocycles. The van der Waals surface area contributed by atoms with Crippen molar-refractivity contribution in [2.75, 3.05) is 12.4 Å². The van der Waals surface area contributed by atoms with Gasteiger partial charge in [-0.2, -0.15) is 0 Å². The monoisotopic (exact) mass is 234 g/mol. The van der Waals surface area contributed by atoms with Gasteiger partial charge in [-0.1, -0.05) is 12.1 Å². The van der Waals surface area contributed by atoms with Gasteiger partial charge in [-0.25, -0.2) is 4.39 Å². The summed E-state index contributed by atoms with van der Waals surface area (Å²) in [4.78, 5) is 2.50. The van der Waals surface area contributed by atoms with E-state index >= 15 is 0 Å². The van der Waals surface area contributed by atoms with E-state index in [1.807, 2.05) is 12.1 Å². The van der Waals surface area contributed by atoms with Crippen LogP contribution < -0.4 is 5.32 Å². The van der Waals surface area contributed by atoms with Gasteiger partial charge in [0.05, 0.1) is 5.69 Å². The zero-order valence-electron chi connectivity index (χ0n) is 10.2. The SMILES string of the molecule is CN1C2CCC1CC(Nc1ccccc1F)C2. The predicted octanol–water partition coefficient (Wildman–Crippen LogP) is 2.86. The van der Waals surface area contributed by atoms with E-state index < -0.39 is 0 Å². The predicted molar refractivity (Wildman–Crippen MR) is 67.6 cm³/mol. The second kappa shape index (κ2) is 4.30. The zero-order valence-corrected chi connectivity index (χ0v) is 10.2. The summed E-state index contributed by atoms with van der Waals surface area (Å²) in [6, 6.07) is 8.78. The van der Waals surface area contributed by atoms with Crippen LogP contribution in [-0.4, -0.2) is 30.1 Å². The molecule has 2 aliphatic heterocycles. The summed E-state index contributed by atoms with van der Waals surface area (Å²) in [5.74, 6) is -0.140. The third-order valence-corrected chi connectivity index (χ3v) is 4.33. The van der Waals surface area contributed by atoms with E-state index in [4.69, 9.17) is 0 Å². The van der Waals surface area contributed by atoms with Crippen molar-refractivity contribution in [1.82, 2.24) is 4.90 Å². The van der Waals surface area contributed by atoms with Crippen molar-refractivity contribution in [1.29, 1.82) is 0 Å². The van der Waals surface area contributed by atoms with Gasteiger partial charge in [0, 0.05) is 18.1 Å². The van der Waals surface area contributed by atoms with E-state index in [0.29, 0.717) is 23.8 Å². The number of anilines is 1. The minimum absolute atomic E-state index is 0.140. The number of nitrogens with one attached hydrogen (secondary N) is 1. The number of hydrogen-bond donors (Lipinski definition) is 1. The van der Waals surface area contributed by atoms with Crippen LogP contribution in [0.3, 0.4) is 0 Å².